The van der Waals surface area contributed by atoms with Gasteiger partial charge < -0.3 is 9.64 Å². The predicted octanol–water partition coefficient (Wildman–Crippen LogP) is 0.771. The Balaban J connectivity index is 1.57. The van der Waals surface area contributed by atoms with E-state index < -0.39 is 9.84 Å². The van der Waals surface area contributed by atoms with Crippen molar-refractivity contribution in [3.63, 3.8) is 0 Å². The minimum atomic E-state index is -3.25. The van der Waals surface area contributed by atoms with Gasteiger partial charge in [0.2, 0.25) is 5.91 Å². The number of carbonyl (C=O) groups is 1. The molecule has 0 aromatic rings. The summed E-state index contributed by atoms with van der Waals surface area (Å²) in [7, 11) is -1.48. The van der Waals surface area contributed by atoms with Crippen molar-refractivity contribution in [3.05, 3.63) is 0 Å². The Morgan fingerprint density at radius 2 is 1.92 bits per heavy atom. The quantitative estimate of drug-likeness (QED) is 0.702. The van der Waals surface area contributed by atoms with Crippen LogP contribution in [0.25, 0.3) is 0 Å². The number of carbonyl (C=O) groups excluding carboxylic acids is 1. The highest BCUT2D eigenvalue weighted by atomic mass is 32.2. The van der Waals surface area contributed by atoms with Crippen LogP contribution in [-0.4, -0.2) is 82.1 Å². The first kappa shape index (κ1) is 18.1. The lowest BCUT2D eigenvalue weighted by Crippen LogP contribution is -2.46. The molecule has 3 aliphatic rings. The monoisotopic (exact) mass is 358 g/mol. The lowest BCUT2D eigenvalue weighted by atomic mass is 9.76. The maximum atomic E-state index is 12.1. The smallest absolute Gasteiger partial charge is 0.237 e. The van der Waals surface area contributed by atoms with Crippen molar-refractivity contribution in [3.8, 4) is 0 Å². The molecule has 0 radical (unpaired) electrons. The Morgan fingerprint density at radius 1 is 1.25 bits per heavy atom. The van der Waals surface area contributed by atoms with Gasteiger partial charge in [-0.25, -0.2) is 8.42 Å². The number of rotatable bonds is 6. The molecule has 0 N–H and O–H groups in total. The van der Waals surface area contributed by atoms with Gasteiger partial charge >= 0.3 is 0 Å². The molecule has 1 atom stereocenters. The van der Waals surface area contributed by atoms with Gasteiger partial charge in [-0.05, 0) is 43.4 Å². The Morgan fingerprint density at radius 3 is 2.46 bits per heavy atom. The zero-order valence-corrected chi connectivity index (χ0v) is 15.7. The normalized spacial score (nSPS) is 27.8. The highest BCUT2D eigenvalue weighted by Crippen LogP contribution is 2.45. The first-order chi connectivity index (χ1) is 11.3. The molecule has 6 nitrogen and oxygen atoms in total. The van der Waals surface area contributed by atoms with Crippen molar-refractivity contribution in [2.24, 2.45) is 11.3 Å². The Kier molecular flexibility index (Phi) is 5.23. The number of amides is 1. The summed E-state index contributed by atoms with van der Waals surface area (Å²) in [5.74, 6) is 0.268. The SMILES string of the molecule is COC[C@H]1CC2(CCN(C(=O)CS(C)(=O)=O)CC2)CN1CC1CC1. The van der Waals surface area contributed by atoms with Crippen molar-refractivity contribution in [2.75, 3.05) is 51.9 Å². The highest BCUT2D eigenvalue weighted by Gasteiger charge is 2.46. The zero-order valence-electron chi connectivity index (χ0n) is 14.9. The molecule has 7 heteroatoms. The van der Waals surface area contributed by atoms with Crippen LogP contribution < -0.4 is 0 Å². The Labute approximate surface area is 145 Å². The van der Waals surface area contributed by atoms with Crippen LogP contribution in [0.15, 0.2) is 0 Å². The van der Waals surface area contributed by atoms with Gasteiger partial charge in [0.1, 0.15) is 5.75 Å². The summed E-state index contributed by atoms with van der Waals surface area (Å²) in [6.45, 7) is 4.44. The summed E-state index contributed by atoms with van der Waals surface area (Å²) in [4.78, 5) is 16.5. The highest BCUT2D eigenvalue weighted by molar-refractivity contribution is 7.91. The molecule has 2 aliphatic heterocycles. The molecule has 0 unspecified atom stereocenters. The number of hydrogen-bond acceptors (Lipinski definition) is 5. The fourth-order valence-electron chi connectivity index (χ4n) is 4.36. The third-order valence-corrected chi connectivity index (χ3v) is 6.61. The van der Waals surface area contributed by atoms with E-state index in [1.54, 1.807) is 12.0 Å². The number of hydrogen-bond donors (Lipinski definition) is 0. The van der Waals surface area contributed by atoms with Crippen molar-refractivity contribution >= 4 is 15.7 Å². The van der Waals surface area contributed by atoms with Crippen molar-refractivity contribution in [1.82, 2.24) is 9.80 Å². The van der Waals surface area contributed by atoms with Gasteiger partial charge in [0.25, 0.3) is 0 Å². The topological polar surface area (TPSA) is 66.9 Å². The molecule has 24 heavy (non-hydrogen) atoms. The summed E-state index contributed by atoms with van der Waals surface area (Å²) < 4.78 is 28.1. The zero-order chi connectivity index (χ0) is 17.4. The molecule has 1 spiro atoms. The first-order valence-corrected chi connectivity index (χ1v) is 11.0. The van der Waals surface area contributed by atoms with Crippen LogP contribution >= 0.6 is 0 Å². The summed E-state index contributed by atoms with van der Waals surface area (Å²) >= 11 is 0. The van der Waals surface area contributed by atoms with Gasteiger partial charge in [0.15, 0.2) is 9.84 Å². The van der Waals surface area contributed by atoms with Gasteiger partial charge in [-0.3, -0.25) is 9.69 Å². The molecule has 1 amide bonds. The second-order valence-electron chi connectivity index (χ2n) is 8.14. The van der Waals surface area contributed by atoms with E-state index >= 15 is 0 Å². The Bertz CT molecular complexity index is 565. The summed E-state index contributed by atoms with van der Waals surface area (Å²) in [5, 5.41) is 0. The number of methoxy groups -OCH3 is 1. The fourth-order valence-corrected chi connectivity index (χ4v) is 5.00. The number of sulfone groups is 1. The average molecular weight is 359 g/mol. The van der Waals surface area contributed by atoms with E-state index in [0.717, 1.165) is 44.6 Å². The number of nitrogens with zero attached hydrogens (tertiary/aromatic N) is 2. The minimum Gasteiger partial charge on any atom is -0.383 e. The van der Waals surface area contributed by atoms with Crippen LogP contribution in [0, 0.1) is 11.3 Å². The van der Waals surface area contributed by atoms with E-state index in [9.17, 15) is 13.2 Å². The van der Waals surface area contributed by atoms with Crippen molar-refractivity contribution < 1.29 is 17.9 Å². The molecule has 2 saturated heterocycles. The molecule has 0 aromatic carbocycles. The minimum absolute atomic E-state index is 0.242. The molecule has 138 valence electrons. The van der Waals surface area contributed by atoms with Gasteiger partial charge in [0, 0.05) is 45.6 Å². The molecule has 3 rings (SSSR count). The fraction of sp³-hybridized carbons (Fsp3) is 0.941. The molecule has 0 bridgehead atoms. The Hall–Kier alpha value is -0.660. The van der Waals surface area contributed by atoms with Gasteiger partial charge in [-0.15, -0.1) is 0 Å². The number of likely N-dealkylation sites (tertiary alicyclic amines) is 2. The maximum Gasteiger partial charge on any atom is 0.237 e. The van der Waals surface area contributed by atoms with Crippen LogP contribution in [0.2, 0.25) is 0 Å². The first-order valence-electron chi connectivity index (χ1n) is 8.99. The van der Waals surface area contributed by atoms with Crippen LogP contribution in [0.5, 0.6) is 0 Å². The third kappa shape index (κ3) is 4.49. The van der Waals surface area contributed by atoms with E-state index in [2.05, 4.69) is 4.90 Å². The molecule has 2 heterocycles. The molecular formula is C17H30N2O4S. The third-order valence-electron chi connectivity index (χ3n) is 5.83. The molecule has 0 aromatic heterocycles. The molecular weight excluding hydrogens is 328 g/mol. The lowest BCUT2D eigenvalue weighted by molar-refractivity contribution is -0.130. The van der Waals surface area contributed by atoms with Gasteiger partial charge in [-0.2, -0.15) is 0 Å². The number of piperidine rings is 1. The lowest BCUT2D eigenvalue weighted by Gasteiger charge is -2.39. The van der Waals surface area contributed by atoms with Crippen LogP contribution in [0.1, 0.15) is 32.1 Å². The predicted molar refractivity (Wildman–Crippen MR) is 92.5 cm³/mol. The standard InChI is InChI=1S/C17H30N2O4S/c1-23-11-15-9-17(13-19(15)10-14-3-4-14)5-7-18(8-6-17)16(20)12-24(2,21)22/h14-15H,3-13H2,1-2H3/t15-/m1/s1. The summed E-state index contributed by atoms with van der Waals surface area (Å²) in [6, 6.07) is 0.494. The second-order valence-corrected chi connectivity index (χ2v) is 10.3. The maximum absolute atomic E-state index is 12.1. The van der Waals surface area contributed by atoms with E-state index in [4.69, 9.17) is 4.74 Å². The van der Waals surface area contributed by atoms with Crippen molar-refractivity contribution in [1.29, 1.82) is 0 Å². The van der Waals surface area contributed by atoms with E-state index in [-0.39, 0.29) is 17.1 Å². The van der Waals surface area contributed by atoms with Gasteiger partial charge in [-0.1, -0.05) is 0 Å². The molecule has 1 aliphatic carbocycles. The molecule has 3 fully saturated rings. The molecule has 1 saturated carbocycles. The van der Waals surface area contributed by atoms with Gasteiger partial charge in [0.05, 0.1) is 6.61 Å². The van der Waals surface area contributed by atoms with Crippen LogP contribution in [-0.2, 0) is 19.4 Å². The summed E-state index contributed by atoms with van der Waals surface area (Å²) in [6.07, 6.45) is 6.93. The van der Waals surface area contributed by atoms with E-state index in [1.807, 2.05) is 0 Å². The van der Waals surface area contributed by atoms with E-state index in [0.29, 0.717) is 19.1 Å². The van der Waals surface area contributed by atoms with Crippen LogP contribution in [0.4, 0.5) is 0 Å². The van der Waals surface area contributed by atoms with Crippen LogP contribution in [0.3, 0.4) is 0 Å². The second kappa shape index (κ2) is 6.92. The number of ether oxygens (including phenoxy) is 1. The van der Waals surface area contributed by atoms with E-state index in [1.165, 1.54) is 19.4 Å². The largest absolute Gasteiger partial charge is 0.383 e. The summed E-state index contributed by atoms with van der Waals surface area (Å²) in [5.41, 5.74) is 0.278. The average Bonchev–Trinajstić information content (AvgIpc) is 3.23. The van der Waals surface area contributed by atoms with Crippen molar-refractivity contribution in [2.45, 2.75) is 38.1 Å².